The Labute approximate surface area is 129 Å². The van der Waals surface area contributed by atoms with Crippen LogP contribution >= 0.6 is 0 Å². The minimum Gasteiger partial charge on any atom is -0.493 e. The van der Waals surface area contributed by atoms with Crippen molar-refractivity contribution in [1.82, 2.24) is 15.6 Å². The van der Waals surface area contributed by atoms with Crippen LogP contribution in [-0.2, 0) is 11.3 Å². The topological polar surface area (TPSA) is 72.5 Å². The molecule has 0 aliphatic heterocycles. The Balaban J connectivity index is 2.12. The Morgan fingerprint density at radius 2 is 1.95 bits per heavy atom. The van der Waals surface area contributed by atoms with Gasteiger partial charge in [0.1, 0.15) is 0 Å². The van der Waals surface area contributed by atoms with Crippen LogP contribution in [-0.4, -0.2) is 31.6 Å². The van der Waals surface area contributed by atoms with Gasteiger partial charge in [-0.2, -0.15) is 0 Å². The van der Waals surface area contributed by atoms with E-state index < -0.39 is 0 Å². The number of hydrogen-bond acceptors (Lipinski definition) is 5. The van der Waals surface area contributed by atoms with Gasteiger partial charge in [-0.25, -0.2) is 4.98 Å². The molecule has 116 valence electrons. The first-order chi connectivity index (χ1) is 10.7. The zero-order chi connectivity index (χ0) is 15.8. The van der Waals surface area contributed by atoms with Crippen LogP contribution in [0.1, 0.15) is 5.56 Å². The number of methoxy groups -OCH3 is 1. The number of hydrogen-bond donors (Lipinski definition) is 2. The van der Waals surface area contributed by atoms with Gasteiger partial charge in [-0.15, -0.1) is 0 Å². The maximum atomic E-state index is 11.5. The van der Waals surface area contributed by atoms with Gasteiger partial charge in [-0.1, -0.05) is 18.2 Å². The molecule has 0 bridgehead atoms. The fraction of sp³-hybridized carbons (Fsp3) is 0.250. The molecule has 0 aliphatic carbocycles. The molecule has 1 aromatic heterocycles. The summed E-state index contributed by atoms with van der Waals surface area (Å²) in [7, 11) is 3.30. The number of rotatable bonds is 7. The number of pyridine rings is 1. The normalized spacial score (nSPS) is 10.1. The van der Waals surface area contributed by atoms with Gasteiger partial charge in [0.2, 0.25) is 11.8 Å². The third-order valence-electron chi connectivity index (χ3n) is 2.94. The second-order valence-corrected chi connectivity index (χ2v) is 4.53. The first kappa shape index (κ1) is 15.8. The second kappa shape index (κ2) is 7.99. The van der Waals surface area contributed by atoms with Crippen molar-refractivity contribution in [2.75, 3.05) is 20.7 Å². The van der Waals surface area contributed by atoms with Gasteiger partial charge in [-0.05, 0) is 25.2 Å². The van der Waals surface area contributed by atoms with Gasteiger partial charge in [-0.3, -0.25) is 4.79 Å². The zero-order valence-corrected chi connectivity index (χ0v) is 12.6. The van der Waals surface area contributed by atoms with Crippen molar-refractivity contribution in [1.29, 1.82) is 0 Å². The summed E-state index contributed by atoms with van der Waals surface area (Å²) in [4.78, 5) is 15.8. The van der Waals surface area contributed by atoms with E-state index in [9.17, 15) is 4.79 Å². The number of para-hydroxylation sites is 2. The minimum absolute atomic E-state index is 0.0883. The number of aromatic nitrogens is 1. The van der Waals surface area contributed by atoms with Crippen LogP contribution in [0.5, 0.6) is 17.4 Å². The lowest BCUT2D eigenvalue weighted by molar-refractivity contribution is -0.120. The molecule has 6 nitrogen and oxygen atoms in total. The first-order valence-corrected chi connectivity index (χ1v) is 6.90. The quantitative estimate of drug-likeness (QED) is 0.814. The average molecular weight is 301 g/mol. The lowest BCUT2D eigenvalue weighted by Gasteiger charge is -2.12. The first-order valence-electron chi connectivity index (χ1n) is 6.90. The summed E-state index contributed by atoms with van der Waals surface area (Å²) < 4.78 is 11.1. The fourth-order valence-corrected chi connectivity index (χ4v) is 1.87. The van der Waals surface area contributed by atoms with E-state index in [4.69, 9.17) is 9.47 Å². The summed E-state index contributed by atoms with van der Waals surface area (Å²) in [6, 6.07) is 11.0. The predicted octanol–water partition coefficient (Wildman–Crippen LogP) is 1.72. The molecule has 0 aliphatic rings. The molecule has 0 saturated heterocycles. The van der Waals surface area contributed by atoms with Crippen molar-refractivity contribution >= 4 is 5.91 Å². The van der Waals surface area contributed by atoms with Crippen LogP contribution in [0.4, 0.5) is 0 Å². The molecule has 1 amide bonds. The third kappa shape index (κ3) is 4.20. The number of carbonyl (C=O) groups excluding carboxylic acids is 1. The highest BCUT2D eigenvalue weighted by Crippen LogP contribution is 2.31. The molecule has 0 spiro atoms. The largest absolute Gasteiger partial charge is 0.493 e. The fourth-order valence-electron chi connectivity index (χ4n) is 1.87. The van der Waals surface area contributed by atoms with Crippen molar-refractivity contribution in [2.45, 2.75) is 6.54 Å². The van der Waals surface area contributed by atoms with E-state index in [2.05, 4.69) is 15.6 Å². The van der Waals surface area contributed by atoms with Crippen LogP contribution in [0.25, 0.3) is 0 Å². The average Bonchev–Trinajstić information content (AvgIpc) is 2.55. The van der Waals surface area contributed by atoms with E-state index >= 15 is 0 Å². The van der Waals surface area contributed by atoms with Gasteiger partial charge in [0.25, 0.3) is 0 Å². The molecule has 0 unspecified atom stereocenters. The van der Waals surface area contributed by atoms with Crippen LogP contribution in [0.3, 0.4) is 0 Å². The molecule has 0 saturated carbocycles. The van der Waals surface area contributed by atoms with Crippen molar-refractivity contribution in [3.05, 3.63) is 48.2 Å². The predicted molar refractivity (Wildman–Crippen MR) is 83.1 cm³/mol. The van der Waals surface area contributed by atoms with E-state index in [1.165, 1.54) is 0 Å². The molecular formula is C16H19N3O3. The summed E-state index contributed by atoms with van der Waals surface area (Å²) in [5, 5.41) is 5.60. The van der Waals surface area contributed by atoms with Gasteiger partial charge >= 0.3 is 0 Å². The summed E-state index contributed by atoms with van der Waals surface area (Å²) in [5.41, 5.74) is 0.790. The summed E-state index contributed by atoms with van der Waals surface area (Å²) in [6.45, 7) is 0.613. The monoisotopic (exact) mass is 301 g/mol. The maximum Gasteiger partial charge on any atom is 0.234 e. The number of nitrogens with zero attached hydrogens (tertiary/aromatic N) is 1. The molecule has 1 aromatic carbocycles. The van der Waals surface area contributed by atoms with Crippen LogP contribution in [0.2, 0.25) is 0 Å². The number of amides is 1. The Bertz CT molecular complexity index is 632. The number of nitrogens with one attached hydrogen (secondary N) is 2. The highest BCUT2D eigenvalue weighted by atomic mass is 16.5. The van der Waals surface area contributed by atoms with E-state index in [1.54, 1.807) is 32.5 Å². The lowest BCUT2D eigenvalue weighted by Crippen LogP contribution is -2.31. The molecule has 2 rings (SSSR count). The van der Waals surface area contributed by atoms with Crippen molar-refractivity contribution < 1.29 is 14.3 Å². The molecule has 2 N–H and O–H groups in total. The minimum atomic E-state index is -0.0883. The number of likely N-dealkylation sites (N-methyl/N-ethyl adjacent to an activating group) is 1. The third-order valence-corrected chi connectivity index (χ3v) is 2.94. The Kier molecular flexibility index (Phi) is 5.73. The smallest absolute Gasteiger partial charge is 0.234 e. The molecule has 1 heterocycles. The number of ether oxygens (including phenoxy) is 2. The van der Waals surface area contributed by atoms with E-state index in [0.29, 0.717) is 23.9 Å². The van der Waals surface area contributed by atoms with E-state index in [1.807, 2.05) is 24.3 Å². The van der Waals surface area contributed by atoms with Crippen molar-refractivity contribution in [2.24, 2.45) is 0 Å². The van der Waals surface area contributed by atoms with Gasteiger partial charge in [0, 0.05) is 18.3 Å². The van der Waals surface area contributed by atoms with E-state index in [-0.39, 0.29) is 12.5 Å². The SMILES string of the molecule is CNCC(=O)NCc1cccnc1Oc1ccccc1OC. The zero-order valence-electron chi connectivity index (χ0n) is 12.6. The van der Waals surface area contributed by atoms with Gasteiger partial charge in [0.05, 0.1) is 13.7 Å². The molecule has 0 atom stereocenters. The summed E-state index contributed by atoms with van der Waals surface area (Å²) in [6.07, 6.45) is 1.64. The van der Waals surface area contributed by atoms with Crippen molar-refractivity contribution in [3.63, 3.8) is 0 Å². The molecule has 22 heavy (non-hydrogen) atoms. The lowest BCUT2D eigenvalue weighted by atomic mass is 10.2. The molecule has 2 aromatic rings. The Morgan fingerprint density at radius 3 is 2.68 bits per heavy atom. The van der Waals surface area contributed by atoms with Crippen LogP contribution < -0.4 is 20.1 Å². The van der Waals surface area contributed by atoms with Crippen LogP contribution in [0.15, 0.2) is 42.6 Å². The van der Waals surface area contributed by atoms with E-state index in [0.717, 1.165) is 5.56 Å². The highest BCUT2D eigenvalue weighted by molar-refractivity contribution is 5.77. The number of benzene rings is 1. The van der Waals surface area contributed by atoms with Crippen molar-refractivity contribution in [3.8, 4) is 17.4 Å². The summed E-state index contributed by atoms with van der Waals surface area (Å²) >= 11 is 0. The maximum absolute atomic E-state index is 11.5. The second-order valence-electron chi connectivity index (χ2n) is 4.53. The van der Waals surface area contributed by atoms with Gasteiger partial charge < -0.3 is 20.1 Å². The molecule has 0 radical (unpaired) electrons. The number of carbonyl (C=O) groups is 1. The Morgan fingerprint density at radius 1 is 1.18 bits per heavy atom. The molecule has 0 fully saturated rings. The van der Waals surface area contributed by atoms with Crippen LogP contribution in [0, 0.1) is 0 Å². The van der Waals surface area contributed by atoms with Gasteiger partial charge in [0.15, 0.2) is 11.5 Å². The highest BCUT2D eigenvalue weighted by Gasteiger charge is 2.10. The Hall–Kier alpha value is -2.60. The molecular weight excluding hydrogens is 282 g/mol. The standard InChI is InChI=1S/C16H19N3O3/c1-17-11-15(20)19-10-12-6-5-9-18-16(12)22-14-8-4-3-7-13(14)21-2/h3-9,17H,10-11H2,1-2H3,(H,19,20). The summed E-state index contributed by atoms with van der Waals surface area (Å²) in [5.74, 6) is 1.55. The molecule has 6 heteroatoms.